The van der Waals surface area contributed by atoms with Crippen molar-refractivity contribution in [2.75, 3.05) is 12.4 Å². The summed E-state index contributed by atoms with van der Waals surface area (Å²) in [6.45, 7) is 4.06. The number of nitriles is 1. The van der Waals surface area contributed by atoms with Gasteiger partial charge in [0.25, 0.3) is 5.91 Å². The highest BCUT2D eigenvalue weighted by Gasteiger charge is 2.15. The minimum atomic E-state index is -0.519. The highest BCUT2D eigenvalue weighted by molar-refractivity contribution is 9.10. The number of hydrogen-bond donors (Lipinski definition) is 1. The van der Waals surface area contributed by atoms with Crippen LogP contribution in [0.3, 0.4) is 0 Å². The van der Waals surface area contributed by atoms with Crippen LogP contribution < -0.4 is 14.8 Å². The third-order valence-corrected chi connectivity index (χ3v) is 6.10. The van der Waals surface area contributed by atoms with E-state index in [-0.39, 0.29) is 12.2 Å². The van der Waals surface area contributed by atoms with Gasteiger partial charge in [0.2, 0.25) is 0 Å². The van der Waals surface area contributed by atoms with Crippen molar-refractivity contribution in [3.05, 3.63) is 104 Å². The van der Waals surface area contributed by atoms with Gasteiger partial charge in [-0.2, -0.15) is 5.26 Å². The van der Waals surface area contributed by atoms with E-state index >= 15 is 0 Å². The molecule has 0 aromatic heterocycles. The molecule has 0 fully saturated rings. The van der Waals surface area contributed by atoms with Crippen molar-refractivity contribution in [3.63, 3.8) is 0 Å². The van der Waals surface area contributed by atoms with Crippen LogP contribution in [0.5, 0.6) is 11.5 Å². The van der Waals surface area contributed by atoms with Gasteiger partial charge < -0.3 is 14.8 Å². The molecule has 0 heterocycles. The van der Waals surface area contributed by atoms with Crippen LogP contribution >= 0.6 is 39.1 Å². The van der Waals surface area contributed by atoms with Crippen LogP contribution in [0.15, 0.2) is 77.3 Å². The lowest BCUT2D eigenvalue weighted by Gasteiger charge is -2.16. The summed E-state index contributed by atoms with van der Waals surface area (Å²) in [5.74, 6) is 0.475. The summed E-state index contributed by atoms with van der Waals surface area (Å²) in [6.07, 6.45) is 3.73. The van der Waals surface area contributed by atoms with Gasteiger partial charge >= 0.3 is 0 Å². The zero-order chi connectivity index (χ0) is 25.4. The smallest absolute Gasteiger partial charge is 0.266 e. The standard InChI is InChI=1S/C27H21BrCl2N2O3/c1-3-5-19-10-18(11-20(15-31)27(33)32-22-7-4-6-21(28)14-22)13-25(34-2)26(19)35-16-17-8-9-23(29)24(30)12-17/h3-4,6-14H,1,5,16H2,2H3,(H,32,33)/b20-11-. The maximum Gasteiger partial charge on any atom is 0.266 e. The molecule has 3 aromatic rings. The molecule has 0 spiro atoms. The Morgan fingerprint density at radius 3 is 2.63 bits per heavy atom. The Bertz CT molecular complexity index is 1330. The molecular formula is C27H21BrCl2N2O3. The number of ether oxygens (including phenoxy) is 2. The topological polar surface area (TPSA) is 71.4 Å². The molecule has 3 aromatic carbocycles. The average Bonchev–Trinajstić information content (AvgIpc) is 2.83. The summed E-state index contributed by atoms with van der Waals surface area (Å²) in [5, 5.41) is 13.3. The molecule has 8 heteroatoms. The van der Waals surface area contributed by atoms with E-state index in [1.807, 2.05) is 24.3 Å². The molecule has 0 saturated carbocycles. The van der Waals surface area contributed by atoms with E-state index in [2.05, 4.69) is 27.8 Å². The second-order valence-electron chi connectivity index (χ2n) is 7.38. The van der Waals surface area contributed by atoms with Crippen LogP contribution in [0.1, 0.15) is 16.7 Å². The normalized spacial score (nSPS) is 10.9. The van der Waals surface area contributed by atoms with E-state index in [1.165, 1.54) is 13.2 Å². The summed E-state index contributed by atoms with van der Waals surface area (Å²) in [7, 11) is 1.53. The number of allylic oxidation sites excluding steroid dienone is 1. The zero-order valence-corrected chi connectivity index (χ0v) is 21.9. The molecule has 1 N–H and O–H groups in total. The third kappa shape index (κ3) is 7.12. The first kappa shape index (κ1) is 26.4. The van der Waals surface area contributed by atoms with Gasteiger partial charge in [0, 0.05) is 15.7 Å². The molecule has 3 rings (SSSR count). The van der Waals surface area contributed by atoms with Crippen molar-refractivity contribution >= 4 is 56.8 Å². The Morgan fingerprint density at radius 1 is 1.17 bits per heavy atom. The number of hydrogen-bond acceptors (Lipinski definition) is 4. The molecular weight excluding hydrogens is 551 g/mol. The van der Waals surface area contributed by atoms with Crippen LogP contribution in [0, 0.1) is 11.3 Å². The summed E-state index contributed by atoms with van der Waals surface area (Å²) in [5.41, 5.74) is 2.76. The van der Waals surface area contributed by atoms with Gasteiger partial charge in [0.15, 0.2) is 11.5 Å². The molecule has 0 unspecified atom stereocenters. The van der Waals surface area contributed by atoms with Gasteiger partial charge in [-0.15, -0.1) is 6.58 Å². The molecule has 5 nitrogen and oxygen atoms in total. The van der Waals surface area contributed by atoms with Crippen molar-refractivity contribution in [1.29, 1.82) is 5.26 Å². The summed E-state index contributed by atoms with van der Waals surface area (Å²) < 4.78 is 12.5. The van der Waals surface area contributed by atoms with Crippen LogP contribution in [-0.4, -0.2) is 13.0 Å². The van der Waals surface area contributed by atoms with Gasteiger partial charge in [-0.05, 0) is 66.1 Å². The second kappa shape index (κ2) is 12.5. The molecule has 0 radical (unpaired) electrons. The highest BCUT2D eigenvalue weighted by atomic mass is 79.9. The van der Waals surface area contributed by atoms with E-state index in [4.69, 9.17) is 32.7 Å². The Labute approximate surface area is 222 Å². The fourth-order valence-corrected chi connectivity index (χ4v) is 3.97. The number of rotatable bonds is 9. The number of nitrogens with zero attached hydrogens (tertiary/aromatic N) is 1. The fraction of sp³-hybridized carbons (Fsp3) is 0.111. The molecule has 35 heavy (non-hydrogen) atoms. The van der Waals surface area contributed by atoms with Crippen molar-refractivity contribution in [3.8, 4) is 17.6 Å². The van der Waals surface area contributed by atoms with Crippen LogP contribution in [-0.2, 0) is 17.8 Å². The monoisotopic (exact) mass is 570 g/mol. The number of carbonyl (C=O) groups excluding carboxylic acids is 1. The van der Waals surface area contributed by atoms with Gasteiger partial charge in [0.05, 0.1) is 17.2 Å². The predicted molar refractivity (Wildman–Crippen MR) is 144 cm³/mol. The quantitative estimate of drug-likeness (QED) is 0.163. The summed E-state index contributed by atoms with van der Waals surface area (Å²) in [6, 6.07) is 17.9. The first-order valence-corrected chi connectivity index (χ1v) is 12.0. The lowest BCUT2D eigenvalue weighted by Crippen LogP contribution is -2.13. The molecule has 0 saturated heterocycles. The van der Waals surface area contributed by atoms with E-state index in [0.29, 0.717) is 39.2 Å². The summed E-state index contributed by atoms with van der Waals surface area (Å²) >= 11 is 15.5. The van der Waals surface area contributed by atoms with Crippen LogP contribution in [0.4, 0.5) is 5.69 Å². The van der Waals surface area contributed by atoms with E-state index in [1.54, 1.807) is 42.5 Å². The lowest BCUT2D eigenvalue weighted by atomic mass is 10.0. The van der Waals surface area contributed by atoms with E-state index in [0.717, 1.165) is 15.6 Å². The number of anilines is 1. The Hall–Kier alpha value is -3.24. The van der Waals surface area contributed by atoms with E-state index < -0.39 is 5.91 Å². The molecule has 0 aliphatic rings. The largest absolute Gasteiger partial charge is 0.493 e. The number of nitrogens with one attached hydrogen (secondary N) is 1. The van der Waals surface area contributed by atoms with Gasteiger partial charge in [-0.25, -0.2) is 0 Å². The predicted octanol–water partition coefficient (Wildman–Crippen LogP) is 7.62. The van der Waals surface area contributed by atoms with Crippen molar-refractivity contribution in [2.24, 2.45) is 0 Å². The third-order valence-electron chi connectivity index (χ3n) is 4.86. The summed E-state index contributed by atoms with van der Waals surface area (Å²) in [4.78, 5) is 12.7. The molecule has 0 atom stereocenters. The van der Waals surface area contributed by atoms with Crippen LogP contribution in [0.25, 0.3) is 6.08 Å². The number of amides is 1. The molecule has 0 aliphatic carbocycles. The Kier molecular flexibility index (Phi) is 9.39. The minimum absolute atomic E-state index is 0.0546. The highest BCUT2D eigenvalue weighted by Crippen LogP contribution is 2.35. The SMILES string of the molecule is C=CCc1cc(/C=C(/C#N)C(=O)Nc2cccc(Br)c2)cc(OC)c1OCc1ccc(Cl)c(Cl)c1. The van der Waals surface area contributed by atoms with Gasteiger partial charge in [0.1, 0.15) is 18.2 Å². The van der Waals surface area contributed by atoms with Crippen LogP contribution in [0.2, 0.25) is 10.0 Å². The number of halogens is 3. The van der Waals surface area contributed by atoms with Crippen molar-refractivity contribution in [2.45, 2.75) is 13.0 Å². The second-order valence-corrected chi connectivity index (χ2v) is 9.11. The number of benzene rings is 3. The first-order chi connectivity index (χ1) is 16.8. The van der Waals surface area contributed by atoms with Crippen molar-refractivity contribution < 1.29 is 14.3 Å². The fourth-order valence-electron chi connectivity index (χ4n) is 3.25. The van der Waals surface area contributed by atoms with Gasteiger partial charge in [-0.1, -0.05) is 57.3 Å². The average molecular weight is 572 g/mol. The lowest BCUT2D eigenvalue weighted by molar-refractivity contribution is -0.112. The number of methoxy groups -OCH3 is 1. The Balaban J connectivity index is 1.90. The van der Waals surface area contributed by atoms with E-state index in [9.17, 15) is 10.1 Å². The zero-order valence-electron chi connectivity index (χ0n) is 18.8. The molecule has 0 bridgehead atoms. The molecule has 0 aliphatic heterocycles. The Morgan fingerprint density at radius 2 is 1.97 bits per heavy atom. The molecule has 1 amide bonds. The maximum absolute atomic E-state index is 12.7. The number of carbonyl (C=O) groups is 1. The molecule has 178 valence electrons. The minimum Gasteiger partial charge on any atom is -0.493 e. The first-order valence-electron chi connectivity index (χ1n) is 10.4. The van der Waals surface area contributed by atoms with Gasteiger partial charge in [-0.3, -0.25) is 4.79 Å². The van der Waals surface area contributed by atoms with Crippen molar-refractivity contribution in [1.82, 2.24) is 0 Å². The maximum atomic E-state index is 12.7.